The smallest absolute Gasteiger partial charge is 0.258 e. The molecule has 0 radical (unpaired) electrons. The summed E-state index contributed by atoms with van der Waals surface area (Å²) in [5.41, 5.74) is 4.05. The van der Waals surface area contributed by atoms with E-state index in [0.29, 0.717) is 18.4 Å². The second-order valence-corrected chi connectivity index (χ2v) is 8.90. The van der Waals surface area contributed by atoms with Crippen LogP contribution < -0.4 is 4.90 Å². The number of amides is 1. The third kappa shape index (κ3) is 6.16. The second kappa shape index (κ2) is 11.2. The minimum Gasteiger partial charge on any atom is -0.334 e. The van der Waals surface area contributed by atoms with Gasteiger partial charge in [-0.25, -0.2) is 0 Å². The van der Waals surface area contributed by atoms with Crippen molar-refractivity contribution in [3.63, 3.8) is 0 Å². The van der Waals surface area contributed by atoms with Gasteiger partial charge in [-0.15, -0.1) is 0 Å². The number of benzene rings is 1. The third-order valence-electron chi connectivity index (χ3n) is 6.04. The monoisotopic (exact) mass is 462 g/mol. The Kier molecular flexibility index (Phi) is 7.83. The molecule has 0 bridgehead atoms. The lowest BCUT2D eigenvalue weighted by molar-refractivity contribution is -0.115. The van der Waals surface area contributed by atoms with E-state index in [1.54, 1.807) is 4.90 Å². The van der Waals surface area contributed by atoms with Crippen molar-refractivity contribution in [2.45, 2.75) is 57.8 Å². The van der Waals surface area contributed by atoms with E-state index in [9.17, 15) is 9.18 Å². The van der Waals surface area contributed by atoms with E-state index in [1.807, 2.05) is 43.5 Å². The third-order valence-corrected chi connectivity index (χ3v) is 6.04. The number of hydrogen-bond acceptors (Lipinski definition) is 5. The van der Waals surface area contributed by atoms with Crippen LogP contribution in [0.2, 0.25) is 0 Å². The van der Waals surface area contributed by atoms with Crippen molar-refractivity contribution in [3.05, 3.63) is 71.8 Å². The molecule has 1 aromatic carbocycles. The molecule has 178 valence electrons. The Morgan fingerprint density at radius 1 is 1.21 bits per heavy atom. The Balaban J connectivity index is 1.43. The molecular weight excluding hydrogens is 431 g/mol. The molecular formula is C27H31FN4O2. The van der Waals surface area contributed by atoms with Gasteiger partial charge in [-0.3, -0.25) is 14.2 Å². The topological polar surface area (TPSA) is 72.1 Å². The zero-order valence-corrected chi connectivity index (χ0v) is 19.7. The van der Waals surface area contributed by atoms with Crippen LogP contribution in [-0.4, -0.2) is 34.3 Å². The number of carbonyl (C=O) groups excluding carboxylic acids is 1. The molecule has 3 aromatic rings. The molecule has 0 N–H and O–H groups in total. The fraction of sp³-hybridized carbons (Fsp3) is 0.407. The van der Waals surface area contributed by atoms with Gasteiger partial charge >= 0.3 is 0 Å². The standard InChI is InChI=1S/C27H31FN4O2/c1-19(12-14-28)27(33)32(16-5-3-4-7-21-13-15-29-20(2)17-21)24-9-6-8-23(18-24)26-30-25(31-34-26)22-10-11-22/h6,8-9,13,15,17-18,22H,1,3-5,7,10-12,14,16H2,2H3. The Labute approximate surface area is 199 Å². The van der Waals surface area contributed by atoms with Crippen LogP contribution in [0.15, 0.2) is 59.3 Å². The van der Waals surface area contributed by atoms with E-state index in [4.69, 9.17) is 4.52 Å². The van der Waals surface area contributed by atoms with Gasteiger partial charge < -0.3 is 9.42 Å². The van der Waals surface area contributed by atoms with Gasteiger partial charge in [-0.1, -0.05) is 24.2 Å². The van der Waals surface area contributed by atoms with Crippen molar-refractivity contribution >= 4 is 11.6 Å². The Morgan fingerprint density at radius 3 is 2.82 bits per heavy atom. The van der Waals surface area contributed by atoms with Crippen molar-refractivity contribution in [2.75, 3.05) is 18.1 Å². The molecule has 1 saturated carbocycles. The zero-order valence-electron chi connectivity index (χ0n) is 19.7. The van der Waals surface area contributed by atoms with Crippen LogP contribution in [0.1, 0.15) is 61.5 Å². The summed E-state index contributed by atoms with van der Waals surface area (Å²) < 4.78 is 18.4. The maximum absolute atomic E-state index is 13.1. The van der Waals surface area contributed by atoms with Crippen LogP contribution in [0, 0.1) is 6.92 Å². The molecule has 0 saturated heterocycles. The lowest BCUT2D eigenvalue weighted by atomic mass is 10.1. The second-order valence-electron chi connectivity index (χ2n) is 8.90. The average Bonchev–Trinajstić information content (AvgIpc) is 3.57. The summed E-state index contributed by atoms with van der Waals surface area (Å²) in [4.78, 5) is 23.6. The largest absolute Gasteiger partial charge is 0.334 e. The van der Waals surface area contributed by atoms with Crippen LogP contribution in [0.5, 0.6) is 0 Å². The maximum Gasteiger partial charge on any atom is 0.258 e. The van der Waals surface area contributed by atoms with E-state index >= 15 is 0 Å². The molecule has 0 spiro atoms. The molecule has 6 nitrogen and oxygen atoms in total. The molecule has 34 heavy (non-hydrogen) atoms. The number of halogens is 1. The lowest BCUT2D eigenvalue weighted by Gasteiger charge is -2.24. The molecule has 0 atom stereocenters. The van der Waals surface area contributed by atoms with E-state index in [0.717, 1.165) is 61.3 Å². The molecule has 2 aromatic heterocycles. The molecule has 0 unspecified atom stereocenters. The van der Waals surface area contributed by atoms with E-state index in [2.05, 4.69) is 27.8 Å². The first-order valence-corrected chi connectivity index (χ1v) is 12.0. The highest BCUT2D eigenvalue weighted by Crippen LogP contribution is 2.39. The number of rotatable bonds is 12. The fourth-order valence-corrected chi connectivity index (χ4v) is 3.96. The minimum atomic E-state index is -0.601. The molecule has 1 amide bonds. The van der Waals surface area contributed by atoms with Gasteiger partial charge in [-0.2, -0.15) is 4.98 Å². The zero-order chi connectivity index (χ0) is 23.9. The van der Waals surface area contributed by atoms with Gasteiger partial charge in [-0.05, 0) is 74.9 Å². The molecule has 1 fully saturated rings. The normalized spacial score (nSPS) is 13.1. The van der Waals surface area contributed by atoms with E-state index < -0.39 is 6.67 Å². The predicted octanol–water partition coefficient (Wildman–Crippen LogP) is 5.98. The van der Waals surface area contributed by atoms with Crippen LogP contribution >= 0.6 is 0 Å². The molecule has 4 rings (SSSR count). The fourth-order valence-electron chi connectivity index (χ4n) is 3.96. The minimum absolute atomic E-state index is 0.0326. The highest BCUT2D eigenvalue weighted by molar-refractivity contribution is 6.05. The van der Waals surface area contributed by atoms with Gasteiger partial charge in [0, 0.05) is 47.6 Å². The Morgan fingerprint density at radius 2 is 2.06 bits per heavy atom. The summed E-state index contributed by atoms with van der Waals surface area (Å²) in [6.07, 6.45) is 7.85. The first kappa shape index (κ1) is 23.8. The summed E-state index contributed by atoms with van der Waals surface area (Å²) in [5, 5.41) is 4.09. The van der Waals surface area contributed by atoms with E-state index in [-0.39, 0.29) is 17.9 Å². The first-order chi connectivity index (χ1) is 16.5. The SMILES string of the molecule is C=C(CCF)C(=O)N(CCCCCc1ccnc(C)c1)c1cccc(-c2nc(C3CC3)no2)c1. The summed E-state index contributed by atoms with van der Waals surface area (Å²) in [6, 6.07) is 11.7. The number of unbranched alkanes of at least 4 members (excludes halogenated alkanes) is 2. The van der Waals surface area contributed by atoms with E-state index in [1.165, 1.54) is 5.56 Å². The summed E-state index contributed by atoms with van der Waals surface area (Å²) in [6.45, 7) is 5.73. The predicted molar refractivity (Wildman–Crippen MR) is 130 cm³/mol. The first-order valence-electron chi connectivity index (χ1n) is 12.0. The summed E-state index contributed by atoms with van der Waals surface area (Å²) >= 11 is 0. The molecule has 7 heteroatoms. The Hall–Kier alpha value is -3.35. The quantitative estimate of drug-likeness (QED) is 0.245. The highest BCUT2D eigenvalue weighted by Gasteiger charge is 2.29. The highest BCUT2D eigenvalue weighted by atomic mass is 19.1. The number of alkyl halides is 1. The number of pyridine rings is 1. The van der Waals surface area contributed by atoms with Crippen molar-refractivity contribution < 1.29 is 13.7 Å². The van der Waals surface area contributed by atoms with Crippen LogP contribution in [0.25, 0.3) is 11.5 Å². The number of hydrogen-bond donors (Lipinski definition) is 0. The van der Waals surface area contributed by atoms with Crippen molar-refractivity contribution in [3.8, 4) is 11.5 Å². The van der Waals surface area contributed by atoms with Crippen molar-refractivity contribution in [2.24, 2.45) is 0 Å². The van der Waals surface area contributed by atoms with Crippen molar-refractivity contribution in [1.29, 1.82) is 0 Å². The number of anilines is 1. The van der Waals surface area contributed by atoms with Gasteiger partial charge in [0.15, 0.2) is 5.82 Å². The number of carbonyl (C=O) groups is 1. The van der Waals surface area contributed by atoms with Gasteiger partial charge in [0.2, 0.25) is 0 Å². The van der Waals surface area contributed by atoms with Crippen LogP contribution in [0.3, 0.4) is 0 Å². The van der Waals surface area contributed by atoms with Crippen LogP contribution in [-0.2, 0) is 11.2 Å². The molecule has 1 aliphatic carbocycles. The van der Waals surface area contributed by atoms with Crippen LogP contribution in [0.4, 0.5) is 10.1 Å². The molecule has 1 aliphatic rings. The van der Waals surface area contributed by atoms with Gasteiger partial charge in [0.25, 0.3) is 11.8 Å². The Bertz CT molecular complexity index is 1140. The number of aryl methyl sites for hydroxylation is 2. The van der Waals surface area contributed by atoms with Gasteiger partial charge in [0.05, 0.1) is 6.67 Å². The number of aromatic nitrogens is 3. The molecule has 0 aliphatic heterocycles. The average molecular weight is 463 g/mol. The number of nitrogens with zero attached hydrogens (tertiary/aromatic N) is 4. The lowest BCUT2D eigenvalue weighted by Crippen LogP contribution is -2.33. The molecule has 2 heterocycles. The maximum atomic E-state index is 13.1. The summed E-state index contributed by atoms with van der Waals surface area (Å²) in [5.74, 6) is 1.35. The van der Waals surface area contributed by atoms with Crippen molar-refractivity contribution in [1.82, 2.24) is 15.1 Å². The van der Waals surface area contributed by atoms with Gasteiger partial charge in [0.1, 0.15) is 0 Å². The summed E-state index contributed by atoms with van der Waals surface area (Å²) in [7, 11) is 0.